The van der Waals surface area contributed by atoms with Gasteiger partial charge in [0.05, 0.1) is 6.61 Å². The van der Waals surface area contributed by atoms with Crippen molar-refractivity contribution in [1.29, 1.82) is 0 Å². The van der Waals surface area contributed by atoms with E-state index in [-0.39, 0.29) is 5.92 Å². The first kappa shape index (κ1) is 13.0. The number of hydrogen-bond donors (Lipinski definition) is 0. The van der Waals surface area contributed by atoms with Crippen LogP contribution in [0.4, 0.5) is 0 Å². The predicted octanol–water partition coefficient (Wildman–Crippen LogP) is 4.89. The number of rotatable bonds is 4. The molecular formula is C16H17ClO. The van der Waals surface area contributed by atoms with Crippen LogP contribution in [-0.2, 0) is 0 Å². The second kappa shape index (κ2) is 5.92. The molecule has 0 fully saturated rings. The molecule has 0 amide bonds. The van der Waals surface area contributed by atoms with E-state index in [1.54, 1.807) is 0 Å². The Balaban J connectivity index is 2.40. The molecule has 2 heteroatoms. The molecule has 94 valence electrons. The van der Waals surface area contributed by atoms with Crippen LogP contribution in [0.25, 0.3) is 0 Å². The zero-order valence-electron chi connectivity index (χ0n) is 10.7. The van der Waals surface area contributed by atoms with Crippen molar-refractivity contribution in [2.75, 3.05) is 6.61 Å². The fraction of sp³-hybridized carbons (Fsp3) is 0.250. The van der Waals surface area contributed by atoms with Crippen LogP contribution in [-0.4, -0.2) is 6.61 Å². The second-order valence-electron chi connectivity index (χ2n) is 4.21. The van der Waals surface area contributed by atoms with Gasteiger partial charge in [-0.25, -0.2) is 0 Å². The van der Waals surface area contributed by atoms with Crippen LogP contribution < -0.4 is 4.74 Å². The van der Waals surface area contributed by atoms with Crippen LogP contribution >= 0.6 is 11.6 Å². The Kier molecular flexibility index (Phi) is 4.27. The van der Waals surface area contributed by atoms with E-state index in [0.29, 0.717) is 6.61 Å². The molecule has 0 aromatic heterocycles. The van der Waals surface area contributed by atoms with E-state index < -0.39 is 0 Å². The Morgan fingerprint density at radius 1 is 1.00 bits per heavy atom. The molecule has 18 heavy (non-hydrogen) atoms. The number of ether oxygens (including phenoxy) is 1. The number of para-hydroxylation sites is 1. The lowest BCUT2D eigenvalue weighted by Gasteiger charge is -2.17. The van der Waals surface area contributed by atoms with Crippen LogP contribution in [0.1, 0.15) is 30.9 Å². The summed E-state index contributed by atoms with van der Waals surface area (Å²) in [5.41, 5.74) is 2.30. The van der Waals surface area contributed by atoms with Gasteiger partial charge in [-0.2, -0.15) is 0 Å². The van der Waals surface area contributed by atoms with E-state index in [1.165, 1.54) is 5.56 Å². The van der Waals surface area contributed by atoms with Crippen molar-refractivity contribution in [3.8, 4) is 5.75 Å². The van der Waals surface area contributed by atoms with Crippen molar-refractivity contribution < 1.29 is 4.74 Å². The molecule has 0 aliphatic carbocycles. The Hall–Kier alpha value is -1.47. The Labute approximate surface area is 113 Å². The standard InChI is InChI=1S/C16H17ClO/c1-3-18-16-11-7-5-9-14(16)12(2)13-8-4-6-10-15(13)17/h4-12H,3H2,1-2H3. The Morgan fingerprint density at radius 3 is 2.28 bits per heavy atom. The Morgan fingerprint density at radius 2 is 1.61 bits per heavy atom. The summed E-state index contributed by atoms with van der Waals surface area (Å²) in [6, 6.07) is 16.1. The highest BCUT2D eigenvalue weighted by Crippen LogP contribution is 2.34. The average Bonchev–Trinajstić information content (AvgIpc) is 2.40. The minimum atomic E-state index is 0.224. The van der Waals surface area contributed by atoms with Crippen molar-refractivity contribution >= 4 is 11.6 Å². The first-order valence-corrected chi connectivity index (χ1v) is 6.58. The summed E-state index contributed by atoms with van der Waals surface area (Å²) in [4.78, 5) is 0. The molecule has 0 heterocycles. The van der Waals surface area contributed by atoms with Gasteiger partial charge in [0, 0.05) is 16.5 Å². The van der Waals surface area contributed by atoms with Crippen LogP contribution in [0.3, 0.4) is 0 Å². The van der Waals surface area contributed by atoms with Crippen LogP contribution in [0.2, 0.25) is 5.02 Å². The number of hydrogen-bond acceptors (Lipinski definition) is 1. The van der Waals surface area contributed by atoms with Gasteiger partial charge in [-0.3, -0.25) is 0 Å². The topological polar surface area (TPSA) is 9.23 Å². The van der Waals surface area contributed by atoms with Gasteiger partial charge in [-0.15, -0.1) is 0 Å². The van der Waals surface area contributed by atoms with Crippen molar-refractivity contribution in [3.63, 3.8) is 0 Å². The first-order valence-electron chi connectivity index (χ1n) is 6.20. The molecule has 0 radical (unpaired) electrons. The van der Waals surface area contributed by atoms with Crippen molar-refractivity contribution in [3.05, 3.63) is 64.7 Å². The normalized spacial score (nSPS) is 12.2. The summed E-state index contributed by atoms with van der Waals surface area (Å²) in [7, 11) is 0. The number of benzene rings is 2. The highest BCUT2D eigenvalue weighted by molar-refractivity contribution is 6.31. The van der Waals surface area contributed by atoms with E-state index >= 15 is 0 Å². The summed E-state index contributed by atoms with van der Waals surface area (Å²) >= 11 is 6.26. The van der Waals surface area contributed by atoms with Gasteiger partial charge in [0.15, 0.2) is 0 Å². The zero-order valence-corrected chi connectivity index (χ0v) is 11.4. The van der Waals surface area contributed by atoms with Crippen molar-refractivity contribution in [1.82, 2.24) is 0 Å². The lowest BCUT2D eigenvalue weighted by Crippen LogP contribution is -2.02. The first-order chi connectivity index (χ1) is 8.74. The van der Waals surface area contributed by atoms with E-state index in [2.05, 4.69) is 19.1 Å². The van der Waals surface area contributed by atoms with Crippen molar-refractivity contribution in [2.24, 2.45) is 0 Å². The Bertz CT molecular complexity index is 522. The van der Waals surface area contributed by atoms with Gasteiger partial charge in [-0.1, -0.05) is 54.9 Å². The summed E-state index contributed by atoms with van der Waals surface area (Å²) in [6.07, 6.45) is 0. The maximum absolute atomic E-state index is 6.26. The molecule has 0 saturated heterocycles. The minimum absolute atomic E-state index is 0.224. The molecule has 1 atom stereocenters. The second-order valence-corrected chi connectivity index (χ2v) is 4.62. The maximum Gasteiger partial charge on any atom is 0.123 e. The fourth-order valence-electron chi connectivity index (χ4n) is 2.12. The van der Waals surface area contributed by atoms with Crippen LogP contribution in [0.15, 0.2) is 48.5 Å². The predicted molar refractivity (Wildman–Crippen MR) is 76.6 cm³/mol. The highest BCUT2D eigenvalue weighted by Gasteiger charge is 2.15. The molecule has 0 aliphatic heterocycles. The molecular weight excluding hydrogens is 244 g/mol. The van der Waals surface area contributed by atoms with Gasteiger partial charge in [0.2, 0.25) is 0 Å². The molecule has 0 spiro atoms. The summed E-state index contributed by atoms with van der Waals surface area (Å²) < 4.78 is 5.68. The quantitative estimate of drug-likeness (QED) is 0.760. The highest BCUT2D eigenvalue weighted by atomic mass is 35.5. The summed E-state index contributed by atoms with van der Waals surface area (Å²) in [6.45, 7) is 4.82. The molecule has 2 aromatic carbocycles. The van der Waals surface area contributed by atoms with Gasteiger partial charge in [0.1, 0.15) is 5.75 Å². The molecule has 0 aliphatic rings. The SMILES string of the molecule is CCOc1ccccc1C(C)c1ccccc1Cl. The largest absolute Gasteiger partial charge is 0.494 e. The molecule has 0 N–H and O–H groups in total. The van der Waals surface area contributed by atoms with E-state index in [9.17, 15) is 0 Å². The molecule has 1 nitrogen and oxygen atoms in total. The van der Waals surface area contributed by atoms with Gasteiger partial charge in [0.25, 0.3) is 0 Å². The fourth-order valence-corrected chi connectivity index (χ4v) is 2.42. The van der Waals surface area contributed by atoms with Gasteiger partial charge < -0.3 is 4.74 Å². The minimum Gasteiger partial charge on any atom is -0.494 e. The summed E-state index contributed by atoms with van der Waals surface area (Å²) in [5, 5.41) is 0.802. The van der Waals surface area contributed by atoms with Crippen LogP contribution in [0.5, 0.6) is 5.75 Å². The molecule has 0 saturated carbocycles. The third kappa shape index (κ3) is 2.68. The van der Waals surface area contributed by atoms with Crippen molar-refractivity contribution in [2.45, 2.75) is 19.8 Å². The smallest absolute Gasteiger partial charge is 0.123 e. The van der Waals surface area contributed by atoms with E-state index in [0.717, 1.165) is 16.3 Å². The van der Waals surface area contributed by atoms with E-state index in [1.807, 2.05) is 43.3 Å². The maximum atomic E-state index is 6.26. The monoisotopic (exact) mass is 260 g/mol. The lowest BCUT2D eigenvalue weighted by atomic mass is 9.92. The van der Waals surface area contributed by atoms with Gasteiger partial charge in [-0.05, 0) is 24.6 Å². The van der Waals surface area contributed by atoms with E-state index in [4.69, 9.17) is 16.3 Å². The third-order valence-electron chi connectivity index (χ3n) is 3.06. The zero-order chi connectivity index (χ0) is 13.0. The van der Waals surface area contributed by atoms with Crippen LogP contribution in [0, 0.1) is 0 Å². The van der Waals surface area contributed by atoms with Gasteiger partial charge >= 0.3 is 0 Å². The number of halogens is 1. The average molecular weight is 261 g/mol. The molecule has 0 bridgehead atoms. The third-order valence-corrected chi connectivity index (χ3v) is 3.40. The molecule has 2 aromatic rings. The molecule has 2 rings (SSSR count). The molecule has 1 unspecified atom stereocenters. The summed E-state index contributed by atoms with van der Waals surface area (Å²) in [5.74, 6) is 1.16. The lowest BCUT2D eigenvalue weighted by molar-refractivity contribution is 0.335.